The second-order valence-corrected chi connectivity index (χ2v) is 5.78. The molecule has 6 heteroatoms. The molecule has 0 bridgehead atoms. The van der Waals surface area contributed by atoms with Crippen LogP contribution in [0.3, 0.4) is 0 Å². The smallest absolute Gasteiger partial charge is 0.323 e. The molecule has 0 aromatic heterocycles. The molecule has 2 rings (SSSR count). The maximum atomic E-state index is 11.8. The molecule has 1 fully saturated rings. The summed E-state index contributed by atoms with van der Waals surface area (Å²) < 4.78 is 10.5. The van der Waals surface area contributed by atoms with Crippen molar-refractivity contribution >= 4 is 29.2 Å². The van der Waals surface area contributed by atoms with Gasteiger partial charge in [-0.25, -0.2) is 0 Å². The minimum absolute atomic E-state index is 0.172. The Balaban J connectivity index is 1.91. The van der Waals surface area contributed by atoms with Crippen LogP contribution in [0.5, 0.6) is 5.75 Å². The Hall–Kier alpha value is -0.970. The van der Waals surface area contributed by atoms with Crippen molar-refractivity contribution in [3.8, 4) is 5.75 Å². The van der Waals surface area contributed by atoms with Crippen LogP contribution in [0.2, 0.25) is 10.0 Å². The van der Waals surface area contributed by atoms with Crippen LogP contribution < -0.4 is 4.74 Å². The number of likely N-dealkylation sites (tertiary alicyclic amines) is 1. The molecule has 1 aliphatic heterocycles. The van der Waals surface area contributed by atoms with Gasteiger partial charge in [-0.15, -0.1) is 0 Å². The highest BCUT2D eigenvalue weighted by atomic mass is 35.5. The fourth-order valence-corrected chi connectivity index (χ4v) is 3.05. The Morgan fingerprint density at radius 1 is 1.33 bits per heavy atom. The molecule has 1 aromatic rings. The standard InChI is InChI=1S/C15H19Cl2NO3/c1-20-15(19)13-7-2-3-8-18(13)9-10-21-14-11(16)5-4-6-12(14)17/h4-6,13H,2-3,7-10H2,1H3. The summed E-state index contributed by atoms with van der Waals surface area (Å²) >= 11 is 12.1. The van der Waals surface area contributed by atoms with Crippen molar-refractivity contribution in [2.45, 2.75) is 25.3 Å². The van der Waals surface area contributed by atoms with Crippen molar-refractivity contribution in [1.82, 2.24) is 4.90 Å². The van der Waals surface area contributed by atoms with E-state index < -0.39 is 0 Å². The Bertz CT molecular complexity index is 476. The molecule has 0 N–H and O–H groups in total. The lowest BCUT2D eigenvalue weighted by Gasteiger charge is -2.33. The molecule has 1 atom stereocenters. The van der Waals surface area contributed by atoms with Crippen LogP contribution in [-0.2, 0) is 9.53 Å². The van der Waals surface area contributed by atoms with Gasteiger partial charge in [0.25, 0.3) is 0 Å². The number of nitrogens with zero attached hydrogens (tertiary/aromatic N) is 1. The number of halogens is 2. The summed E-state index contributed by atoms with van der Waals surface area (Å²) in [5.74, 6) is 0.318. The van der Waals surface area contributed by atoms with E-state index in [4.69, 9.17) is 32.7 Å². The highest BCUT2D eigenvalue weighted by Gasteiger charge is 2.29. The van der Waals surface area contributed by atoms with E-state index >= 15 is 0 Å². The monoisotopic (exact) mass is 331 g/mol. The van der Waals surface area contributed by atoms with E-state index in [1.807, 2.05) is 0 Å². The van der Waals surface area contributed by atoms with Gasteiger partial charge in [0.2, 0.25) is 0 Å². The number of hydrogen-bond donors (Lipinski definition) is 0. The summed E-state index contributed by atoms with van der Waals surface area (Å²) in [6.45, 7) is 1.94. The van der Waals surface area contributed by atoms with Gasteiger partial charge < -0.3 is 9.47 Å². The molecule has 4 nitrogen and oxygen atoms in total. The molecule has 0 saturated carbocycles. The van der Waals surface area contributed by atoms with Crippen molar-refractivity contribution in [1.29, 1.82) is 0 Å². The fourth-order valence-electron chi connectivity index (χ4n) is 2.55. The number of ether oxygens (including phenoxy) is 2. The zero-order chi connectivity index (χ0) is 15.2. The van der Waals surface area contributed by atoms with E-state index in [1.165, 1.54) is 7.11 Å². The number of carbonyl (C=O) groups is 1. The second-order valence-electron chi connectivity index (χ2n) is 4.97. The van der Waals surface area contributed by atoms with E-state index in [0.717, 1.165) is 25.8 Å². The van der Waals surface area contributed by atoms with Crippen LogP contribution in [0.4, 0.5) is 0 Å². The topological polar surface area (TPSA) is 38.8 Å². The predicted molar refractivity (Wildman–Crippen MR) is 83.2 cm³/mol. The summed E-state index contributed by atoms with van der Waals surface area (Å²) in [6, 6.07) is 5.08. The Morgan fingerprint density at radius 2 is 2.05 bits per heavy atom. The number of benzene rings is 1. The highest BCUT2D eigenvalue weighted by molar-refractivity contribution is 6.37. The first-order valence-electron chi connectivity index (χ1n) is 7.02. The first kappa shape index (κ1) is 16.4. The molecule has 1 aliphatic rings. The molecule has 1 unspecified atom stereocenters. The Kier molecular flexibility index (Phi) is 6.15. The molecule has 116 valence electrons. The van der Waals surface area contributed by atoms with Crippen molar-refractivity contribution in [3.63, 3.8) is 0 Å². The summed E-state index contributed by atoms with van der Waals surface area (Å²) in [5, 5.41) is 0.983. The quantitative estimate of drug-likeness (QED) is 0.775. The fraction of sp³-hybridized carbons (Fsp3) is 0.533. The average molecular weight is 332 g/mol. The lowest BCUT2D eigenvalue weighted by atomic mass is 10.0. The van der Waals surface area contributed by atoms with Gasteiger partial charge in [0, 0.05) is 6.54 Å². The Labute approximate surface area is 134 Å². The summed E-state index contributed by atoms with van der Waals surface area (Å²) in [7, 11) is 1.43. The van der Waals surface area contributed by atoms with Gasteiger partial charge in [0.15, 0.2) is 5.75 Å². The lowest BCUT2D eigenvalue weighted by Crippen LogP contribution is -2.46. The van der Waals surface area contributed by atoms with Gasteiger partial charge in [0.1, 0.15) is 12.6 Å². The molecule has 21 heavy (non-hydrogen) atoms. The molecule has 0 amide bonds. The number of carbonyl (C=O) groups excluding carboxylic acids is 1. The van der Waals surface area contributed by atoms with E-state index in [1.54, 1.807) is 18.2 Å². The zero-order valence-corrected chi connectivity index (χ0v) is 13.5. The first-order valence-corrected chi connectivity index (χ1v) is 7.77. The number of rotatable bonds is 5. The number of esters is 1. The second kappa shape index (κ2) is 7.87. The van der Waals surface area contributed by atoms with Crippen LogP contribution in [0.15, 0.2) is 18.2 Å². The van der Waals surface area contributed by atoms with Crippen molar-refractivity contribution < 1.29 is 14.3 Å². The van der Waals surface area contributed by atoms with Gasteiger partial charge in [-0.3, -0.25) is 9.69 Å². The van der Waals surface area contributed by atoms with E-state index in [0.29, 0.717) is 28.9 Å². The highest BCUT2D eigenvalue weighted by Crippen LogP contribution is 2.32. The van der Waals surface area contributed by atoms with E-state index in [-0.39, 0.29) is 12.0 Å². The number of para-hydroxylation sites is 1. The van der Waals surface area contributed by atoms with Gasteiger partial charge in [-0.2, -0.15) is 0 Å². The average Bonchev–Trinajstić information content (AvgIpc) is 2.50. The molecule has 1 aromatic carbocycles. The third kappa shape index (κ3) is 4.25. The zero-order valence-electron chi connectivity index (χ0n) is 12.0. The molecular formula is C15H19Cl2NO3. The third-order valence-electron chi connectivity index (χ3n) is 3.63. The third-order valence-corrected chi connectivity index (χ3v) is 4.23. The lowest BCUT2D eigenvalue weighted by molar-refractivity contribution is -0.148. The molecule has 0 radical (unpaired) electrons. The van der Waals surface area contributed by atoms with Gasteiger partial charge in [0.05, 0.1) is 17.2 Å². The van der Waals surface area contributed by atoms with Crippen LogP contribution in [0, 0.1) is 0 Å². The predicted octanol–water partition coefficient (Wildman–Crippen LogP) is 3.40. The Morgan fingerprint density at radius 3 is 2.71 bits per heavy atom. The first-order chi connectivity index (χ1) is 10.1. The minimum Gasteiger partial charge on any atom is -0.489 e. The SMILES string of the molecule is COC(=O)C1CCCCN1CCOc1c(Cl)cccc1Cl. The summed E-state index contributed by atoms with van der Waals surface area (Å²) in [4.78, 5) is 13.9. The minimum atomic E-state index is -0.175. The van der Waals surface area contributed by atoms with Crippen molar-refractivity contribution in [2.75, 3.05) is 26.8 Å². The normalized spacial score (nSPS) is 19.3. The number of methoxy groups -OCH3 is 1. The maximum Gasteiger partial charge on any atom is 0.323 e. The molecule has 1 saturated heterocycles. The van der Waals surface area contributed by atoms with Crippen molar-refractivity contribution in [3.05, 3.63) is 28.2 Å². The van der Waals surface area contributed by atoms with Crippen LogP contribution >= 0.6 is 23.2 Å². The summed E-state index contributed by atoms with van der Waals surface area (Å²) in [6.07, 6.45) is 2.97. The van der Waals surface area contributed by atoms with Gasteiger partial charge in [-0.1, -0.05) is 35.7 Å². The van der Waals surface area contributed by atoms with Crippen LogP contribution in [-0.4, -0.2) is 43.7 Å². The van der Waals surface area contributed by atoms with E-state index in [9.17, 15) is 4.79 Å². The summed E-state index contributed by atoms with van der Waals surface area (Å²) in [5.41, 5.74) is 0. The van der Waals surface area contributed by atoms with Crippen LogP contribution in [0.25, 0.3) is 0 Å². The number of piperidine rings is 1. The molecule has 0 aliphatic carbocycles. The van der Waals surface area contributed by atoms with Gasteiger partial charge >= 0.3 is 5.97 Å². The van der Waals surface area contributed by atoms with Crippen LogP contribution in [0.1, 0.15) is 19.3 Å². The van der Waals surface area contributed by atoms with Gasteiger partial charge in [-0.05, 0) is 31.5 Å². The molecule has 0 spiro atoms. The van der Waals surface area contributed by atoms with Crippen molar-refractivity contribution in [2.24, 2.45) is 0 Å². The molecular weight excluding hydrogens is 313 g/mol. The van der Waals surface area contributed by atoms with E-state index in [2.05, 4.69) is 4.90 Å². The molecule has 1 heterocycles. The largest absolute Gasteiger partial charge is 0.489 e. The number of hydrogen-bond acceptors (Lipinski definition) is 4. The maximum absolute atomic E-state index is 11.8.